The minimum atomic E-state index is -0.403. The molecule has 0 atom stereocenters. The van der Waals surface area contributed by atoms with Crippen LogP contribution in [0.1, 0.15) is 12.8 Å². The summed E-state index contributed by atoms with van der Waals surface area (Å²) in [5.74, 6) is 1.33. The molecule has 0 aliphatic carbocycles. The smallest absolute Gasteiger partial charge is 0.186 e. The number of methoxy groups -OCH3 is 1. The number of anilines is 1. The largest absolute Gasteiger partial charge is 0.495 e. The van der Waals surface area contributed by atoms with Gasteiger partial charge < -0.3 is 19.1 Å². The fourth-order valence-electron chi connectivity index (χ4n) is 2.60. The van der Waals surface area contributed by atoms with Gasteiger partial charge in [-0.15, -0.1) is 0 Å². The predicted octanol–water partition coefficient (Wildman–Crippen LogP) is 1.43. The summed E-state index contributed by atoms with van der Waals surface area (Å²) < 4.78 is 16.6. The van der Waals surface area contributed by atoms with Crippen LogP contribution in [0.5, 0.6) is 5.75 Å². The Morgan fingerprint density at radius 3 is 2.83 bits per heavy atom. The first kappa shape index (κ1) is 11.7. The molecule has 0 saturated carbocycles. The molecule has 3 heterocycles. The van der Waals surface area contributed by atoms with Crippen molar-refractivity contribution in [1.29, 1.82) is 0 Å². The molecule has 2 fully saturated rings. The zero-order valence-electron chi connectivity index (χ0n) is 10.6. The molecule has 1 aromatic rings. The van der Waals surface area contributed by atoms with Gasteiger partial charge in [-0.1, -0.05) is 0 Å². The monoisotopic (exact) mass is 250 g/mol. The first-order chi connectivity index (χ1) is 8.81. The summed E-state index contributed by atoms with van der Waals surface area (Å²) in [5, 5.41) is 0. The zero-order chi connectivity index (χ0) is 12.4. The Balaban J connectivity index is 1.74. The Kier molecular flexibility index (Phi) is 3.09. The van der Waals surface area contributed by atoms with E-state index in [-0.39, 0.29) is 0 Å². The molecular weight excluding hydrogens is 232 g/mol. The van der Waals surface area contributed by atoms with E-state index in [0.717, 1.165) is 37.5 Å². The number of piperidine rings is 1. The summed E-state index contributed by atoms with van der Waals surface area (Å²) in [7, 11) is 1.65. The molecule has 0 unspecified atom stereocenters. The molecule has 0 amide bonds. The molecule has 1 aromatic heterocycles. The van der Waals surface area contributed by atoms with Gasteiger partial charge in [-0.3, -0.25) is 0 Å². The Hall–Kier alpha value is -1.33. The van der Waals surface area contributed by atoms with E-state index in [1.165, 1.54) is 0 Å². The number of hydrogen-bond acceptors (Lipinski definition) is 5. The van der Waals surface area contributed by atoms with Gasteiger partial charge in [-0.05, 0) is 18.6 Å². The van der Waals surface area contributed by atoms with Gasteiger partial charge in [-0.25, -0.2) is 4.98 Å². The molecule has 2 aliphatic heterocycles. The van der Waals surface area contributed by atoms with Crippen LogP contribution in [-0.2, 0) is 9.47 Å². The van der Waals surface area contributed by atoms with Gasteiger partial charge in [0.2, 0.25) is 0 Å². The van der Waals surface area contributed by atoms with Crippen LogP contribution in [-0.4, -0.2) is 44.2 Å². The number of rotatable bonds is 2. The lowest BCUT2D eigenvalue weighted by Crippen LogP contribution is -2.49. The molecule has 3 rings (SSSR count). The number of pyridine rings is 1. The SMILES string of the molecule is COc1ccc(N2CCCC3(C2)OCCO3)nc1. The maximum atomic E-state index is 5.76. The quantitative estimate of drug-likeness (QED) is 0.794. The fourth-order valence-corrected chi connectivity index (χ4v) is 2.60. The zero-order valence-corrected chi connectivity index (χ0v) is 10.6. The molecule has 5 nitrogen and oxygen atoms in total. The van der Waals surface area contributed by atoms with Crippen molar-refractivity contribution >= 4 is 5.82 Å². The van der Waals surface area contributed by atoms with Crippen molar-refractivity contribution in [3.63, 3.8) is 0 Å². The van der Waals surface area contributed by atoms with Crippen LogP contribution in [0.4, 0.5) is 5.82 Å². The van der Waals surface area contributed by atoms with Crippen molar-refractivity contribution in [2.75, 3.05) is 38.3 Å². The van der Waals surface area contributed by atoms with Crippen molar-refractivity contribution in [3.8, 4) is 5.75 Å². The summed E-state index contributed by atoms with van der Waals surface area (Å²) >= 11 is 0. The standard InChI is InChI=1S/C13H18N2O3/c1-16-11-3-4-12(14-9-11)15-6-2-5-13(10-15)17-7-8-18-13/h3-4,9H,2,5-8,10H2,1H3. The van der Waals surface area contributed by atoms with Crippen molar-refractivity contribution in [3.05, 3.63) is 18.3 Å². The van der Waals surface area contributed by atoms with Crippen LogP contribution < -0.4 is 9.64 Å². The van der Waals surface area contributed by atoms with E-state index in [1.807, 2.05) is 12.1 Å². The minimum absolute atomic E-state index is 0.403. The van der Waals surface area contributed by atoms with E-state index in [2.05, 4.69) is 9.88 Å². The van der Waals surface area contributed by atoms with Crippen LogP contribution >= 0.6 is 0 Å². The third-order valence-corrected chi connectivity index (χ3v) is 3.51. The highest BCUT2D eigenvalue weighted by Crippen LogP contribution is 2.32. The lowest BCUT2D eigenvalue weighted by Gasteiger charge is -2.39. The third-order valence-electron chi connectivity index (χ3n) is 3.51. The van der Waals surface area contributed by atoms with Crippen LogP contribution in [0.25, 0.3) is 0 Å². The highest BCUT2D eigenvalue weighted by molar-refractivity contribution is 5.41. The van der Waals surface area contributed by atoms with E-state index < -0.39 is 5.79 Å². The number of nitrogens with zero attached hydrogens (tertiary/aromatic N) is 2. The first-order valence-electron chi connectivity index (χ1n) is 6.34. The third kappa shape index (κ3) is 2.15. The summed E-state index contributed by atoms with van der Waals surface area (Å²) in [6.45, 7) is 3.15. The van der Waals surface area contributed by atoms with Crippen LogP contribution in [0, 0.1) is 0 Å². The molecule has 0 N–H and O–H groups in total. The predicted molar refractivity (Wildman–Crippen MR) is 66.9 cm³/mol. The molecule has 0 aromatic carbocycles. The lowest BCUT2D eigenvalue weighted by atomic mass is 10.0. The highest BCUT2D eigenvalue weighted by Gasteiger charge is 2.41. The Morgan fingerprint density at radius 1 is 1.33 bits per heavy atom. The van der Waals surface area contributed by atoms with Gasteiger partial charge in [0.15, 0.2) is 5.79 Å². The van der Waals surface area contributed by atoms with Gasteiger partial charge in [-0.2, -0.15) is 0 Å². The summed E-state index contributed by atoms with van der Waals surface area (Å²) in [6, 6.07) is 3.91. The van der Waals surface area contributed by atoms with E-state index >= 15 is 0 Å². The van der Waals surface area contributed by atoms with Crippen molar-refractivity contribution in [1.82, 2.24) is 4.98 Å². The van der Waals surface area contributed by atoms with Gasteiger partial charge in [0.1, 0.15) is 11.6 Å². The lowest BCUT2D eigenvalue weighted by molar-refractivity contribution is -0.161. The first-order valence-corrected chi connectivity index (χ1v) is 6.34. The van der Waals surface area contributed by atoms with Crippen molar-refractivity contribution in [2.45, 2.75) is 18.6 Å². The van der Waals surface area contributed by atoms with Crippen molar-refractivity contribution in [2.24, 2.45) is 0 Å². The molecule has 2 aliphatic rings. The van der Waals surface area contributed by atoms with Gasteiger partial charge in [0.05, 0.1) is 33.1 Å². The second-order valence-electron chi connectivity index (χ2n) is 4.69. The Labute approximate surface area is 107 Å². The molecule has 5 heteroatoms. The summed E-state index contributed by atoms with van der Waals surface area (Å²) in [6.07, 6.45) is 3.78. The van der Waals surface area contributed by atoms with Crippen LogP contribution in [0.15, 0.2) is 18.3 Å². The topological polar surface area (TPSA) is 43.8 Å². The number of ether oxygens (including phenoxy) is 3. The Morgan fingerprint density at radius 2 is 2.17 bits per heavy atom. The van der Waals surface area contributed by atoms with Crippen LogP contribution in [0.2, 0.25) is 0 Å². The minimum Gasteiger partial charge on any atom is -0.495 e. The summed E-state index contributed by atoms with van der Waals surface area (Å²) in [4.78, 5) is 6.63. The van der Waals surface area contributed by atoms with Crippen LogP contribution in [0.3, 0.4) is 0 Å². The molecule has 18 heavy (non-hydrogen) atoms. The Bertz CT molecular complexity index is 401. The highest BCUT2D eigenvalue weighted by atomic mass is 16.7. The molecule has 0 radical (unpaired) electrons. The molecule has 98 valence electrons. The van der Waals surface area contributed by atoms with E-state index in [1.54, 1.807) is 13.3 Å². The maximum absolute atomic E-state index is 5.76. The average Bonchev–Trinajstić information content (AvgIpc) is 2.87. The molecular formula is C13H18N2O3. The summed E-state index contributed by atoms with van der Waals surface area (Å²) in [5.41, 5.74) is 0. The molecule has 2 saturated heterocycles. The number of aromatic nitrogens is 1. The molecule has 1 spiro atoms. The van der Waals surface area contributed by atoms with E-state index in [0.29, 0.717) is 13.2 Å². The maximum Gasteiger partial charge on any atom is 0.186 e. The van der Waals surface area contributed by atoms with Gasteiger partial charge >= 0.3 is 0 Å². The average molecular weight is 250 g/mol. The molecule has 0 bridgehead atoms. The fraction of sp³-hybridized carbons (Fsp3) is 0.615. The van der Waals surface area contributed by atoms with Gasteiger partial charge in [0, 0.05) is 13.0 Å². The van der Waals surface area contributed by atoms with Crippen molar-refractivity contribution < 1.29 is 14.2 Å². The van der Waals surface area contributed by atoms with E-state index in [4.69, 9.17) is 14.2 Å². The normalized spacial score (nSPS) is 22.4. The second-order valence-corrected chi connectivity index (χ2v) is 4.69. The van der Waals surface area contributed by atoms with Gasteiger partial charge in [0.25, 0.3) is 0 Å². The van der Waals surface area contributed by atoms with E-state index in [9.17, 15) is 0 Å². The number of hydrogen-bond donors (Lipinski definition) is 0. The second kappa shape index (κ2) is 4.74.